The van der Waals surface area contributed by atoms with Gasteiger partial charge in [-0.3, -0.25) is 0 Å². The molecule has 31 heavy (non-hydrogen) atoms. The molecular formula is C19H11BrF9O2. The summed E-state index contributed by atoms with van der Waals surface area (Å²) in [5, 5.41) is 0. The first-order valence-electron chi connectivity index (χ1n) is 8.11. The Hall–Kier alpha value is -2.24. The van der Waals surface area contributed by atoms with Crippen LogP contribution in [-0.4, -0.2) is 31.4 Å². The molecule has 0 amide bonds. The SMILES string of the molecule is COC(=O)c1ccc(-c2c(Br)[c]c(C)cc2C(F)(C(F)(F)F)C(F)(F)C(F)(F)F)cc1. The van der Waals surface area contributed by atoms with E-state index >= 15 is 4.39 Å². The van der Waals surface area contributed by atoms with Gasteiger partial charge < -0.3 is 4.74 Å². The van der Waals surface area contributed by atoms with Crippen LogP contribution in [-0.2, 0) is 10.4 Å². The van der Waals surface area contributed by atoms with Gasteiger partial charge in [0.1, 0.15) is 0 Å². The molecule has 0 fully saturated rings. The number of methoxy groups -OCH3 is 1. The fraction of sp³-hybridized carbons (Fsp3) is 0.316. The molecule has 1 atom stereocenters. The van der Waals surface area contributed by atoms with E-state index in [4.69, 9.17) is 0 Å². The van der Waals surface area contributed by atoms with Gasteiger partial charge in [-0.05, 0) is 46.1 Å². The van der Waals surface area contributed by atoms with E-state index in [2.05, 4.69) is 26.7 Å². The predicted molar refractivity (Wildman–Crippen MR) is 94.3 cm³/mol. The molecule has 2 nitrogen and oxygen atoms in total. The van der Waals surface area contributed by atoms with Crippen LogP contribution < -0.4 is 0 Å². The van der Waals surface area contributed by atoms with Crippen molar-refractivity contribution in [1.82, 2.24) is 0 Å². The van der Waals surface area contributed by atoms with E-state index < -0.39 is 45.5 Å². The van der Waals surface area contributed by atoms with Crippen molar-refractivity contribution >= 4 is 21.9 Å². The molecule has 0 bridgehead atoms. The monoisotopic (exact) mass is 521 g/mol. The van der Waals surface area contributed by atoms with Gasteiger partial charge in [-0.2, -0.15) is 35.1 Å². The maximum atomic E-state index is 15.2. The molecule has 0 aliphatic heterocycles. The number of alkyl halides is 9. The van der Waals surface area contributed by atoms with Crippen LogP contribution in [0.3, 0.4) is 0 Å². The molecule has 0 N–H and O–H groups in total. The molecule has 0 saturated carbocycles. The standard InChI is InChI=1S/C19H11BrF9O2/c1-9-7-12(16(21,18(24,25)26)17(22,23)19(27,28)29)14(13(20)8-9)10-3-5-11(6-4-10)15(30)31-2/h3-7H,1-2H3. The van der Waals surface area contributed by atoms with E-state index in [9.17, 15) is 39.9 Å². The summed E-state index contributed by atoms with van der Waals surface area (Å²) < 4.78 is 127. The fourth-order valence-corrected chi connectivity index (χ4v) is 3.57. The minimum atomic E-state index is -6.86. The van der Waals surface area contributed by atoms with Gasteiger partial charge in [-0.15, -0.1) is 0 Å². The lowest BCUT2D eigenvalue weighted by molar-refractivity contribution is -0.389. The maximum Gasteiger partial charge on any atom is 0.457 e. The molecule has 2 aromatic rings. The number of aryl methyl sites for hydroxylation is 1. The number of benzene rings is 2. The van der Waals surface area contributed by atoms with E-state index in [0.717, 1.165) is 38.3 Å². The van der Waals surface area contributed by atoms with Crippen LogP contribution in [0.2, 0.25) is 0 Å². The van der Waals surface area contributed by atoms with Crippen LogP contribution in [0.1, 0.15) is 21.5 Å². The first kappa shape index (κ1) is 25.0. The molecule has 0 spiro atoms. The second-order valence-corrected chi connectivity index (χ2v) is 7.15. The highest BCUT2D eigenvalue weighted by Gasteiger charge is 2.82. The normalized spacial score (nSPS) is 14.8. The zero-order valence-electron chi connectivity index (χ0n) is 15.5. The molecule has 12 heteroatoms. The third kappa shape index (κ3) is 4.13. The Labute approximate surface area is 178 Å². The summed E-state index contributed by atoms with van der Waals surface area (Å²) in [5.41, 5.74) is -9.84. The van der Waals surface area contributed by atoms with Crippen LogP contribution in [0.5, 0.6) is 0 Å². The molecule has 2 rings (SSSR count). The molecule has 169 valence electrons. The maximum absolute atomic E-state index is 15.2. The first-order valence-corrected chi connectivity index (χ1v) is 8.90. The van der Waals surface area contributed by atoms with Gasteiger partial charge in [0.25, 0.3) is 0 Å². The highest BCUT2D eigenvalue weighted by Crippen LogP contribution is 2.60. The zero-order chi connectivity index (χ0) is 24.0. The number of carbonyl (C=O) groups is 1. The van der Waals surface area contributed by atoms with Crippen molar-refractivity contribution in [2.75, 3.05) is 7.11 Å². The fourth-order valence-electron chi connectivity index (χ4n) is 2.82. The smallest absolute Gasteiger partial charge is 0.457 e. The molecule has 0 heterocycles. The summed E-state index contributed by atoms with van der Waals surface area (Å²) in [6.45, 7) is 1.04. The minimum absolute atomic E-state index is 0.0945. The number of hydrogen-bond acceptors (Lipinski definition) is 2. The molecule has 1 unspecified atom stereocenters. The topological polar surface area (TPSA) is 26.3 Å². The first-order chi connectivity index (χ1) is 14.0. The summed E-state index contributed by atoms with van der Waals surface area (Å²) in [4.78, 5) is 11.5. The van der Waals surface area contributed by atoms with Gasteiger partial charge in [0.2, 0.25) is 0 Å². The zero-order valence-corrected chi connectivity index (χ0v) is 17.1. The second kappa shape index (κ2) is 8.03. The number of ether oxygens (including phenoxy) is 1. The lowest BCUT2D eigenvalue weighted by atomic mass is 9.82. The summed E-state index contributed by atoms with van der Waals surface area (Å²) in [6, 6.07) is 6.56. The number of hydrogen-bond donors (Lipinski definition) is 0. The number of rotatable bonds is 4. The Morgan fingerprint density at radius 3 is 1.87 bits per heavy atom. The van der Waals surface area contributed by atoms with Crippen LogP contribution in [0, 0.1) is 13.0 Å². The van der Waals surface area contributed by atoms with Gasteiger partial charge in [0.05, 0.1) is 12.7 Å². The largest absolute Gasteiger partial charge is 0.465 e. The van der Waals surface area contributed by atoms with Crippen LogP contribution in [0.15, 0.2) is 34.8 Å². The van der Waals surface area contributed by atoms with Crippen molar-refractivity contribution < 1.29 is 49.0 Å². The van der Waals surface area contributed by atoms with E-state index in [1.54, 1.807) is 0 Å². The molecular weight excluding hydrogens is 511 g/mol. The number of esters is 1. The lowest BCUT2D eigenvalue weighted by Crippen LogP contribution is -2.60. The predicted octanol–water partition coefficient (Wildman–Crippen LogP) is 6.94. The van der Waals surface area contributed by atoms with E-state index in [-0.39, 0.29) is 22.8 Å². The lowest BCUT2D eigenvalue weighted by Gasteiger charge is -2.37. The van der Waals surface area contributed by atoms with Crippen LogP contribution in [0.25, 0.3) is 11.1 Å². The Bertz CT molecular complexity index is 982. The summed E-state index contributed by atoms with van der Waals surface area (Å²) in [6.07, 6.45) is -13.5. The van der Waals surface area contributed by atoms with E-state index in [1.165, 1.54) is 0 Å². The molecule has 1 radical (unpaired) electrons. The highest BCUT2D eigenvalue weighted by molar-refractivity contribution is 9.10. The van der Waals surface area contributed by atoms with Crippen molar-refractivity contribution in [1.29, 1.82) is 0 Å². The summed E-state index contributed by atoms with van der Waals surface area (Å²) in [5.74, 6) is -7.67. The molecule has 0 saturated heterocycles. The van der Waals surface area contributed by atoms with Gasteiger partial charge in [-0.25, -0.2) is 9.18 Å². The van der Waals surface area contributed by atoms with Crippen molar-refractivity contribution in [3.8, 4) is 11.1 Å². The van der Waals surface area contributed by atoms with Crippen molar-refractivity contribution in [2.45, 2.75) is 30.9 Å². The van der Waals surface area contributed by atoms with E-state index in [1.807, 2.05) is 0 Å². The summed E-state index contributed by atoms with van der Waals surface area (Å²) in [7, 11) is 1.04. The average Bonchev–Trinajstić information content (AvgIpc) is 2.64. The third-order valence-electron chi connectivity index (χ3n) is 4.30. The van der Waals surface area contributed by atoms with Crippen molar-refractivity contribution in [2.24, 2.45) is 0 Å². The van der Waals surface area contributed by atoms with E-state index in [0.29, 0.717) is 0 Å². The Balaban J connectivity index is 2.92. The van der Waals surface area contributed by atoms with Crippen molar-refractivity contribution in [3.05, 3.63) is 57.6 Å². The Morgan fingerprint density at radius 1 is 0.935 bits per heavy atom. The number of carbonyl (C=O) groups excluding carboxylic acids is 1. The average molecular weight is 522 g/mol. The molecule has 0 aliphatic carbocycles. The summed E-state index contributed by atoms with van der Waals surface area (Å²) >= 11 is 2.76. The van der Waals surface area contributed by atoms with Crippen LogP contribution in [0.4, 0.5) is 39.5 Å². The quantitative estimate of drug-likeness (QED) is 0.322. The Morgan fingerprint density at radius 2 is 1.45 bits per heavy atom. The van der Waals surface area contributed by atoms with Gasteiger partial charge >= 0.3 is 29.9 Å². The second-order valence-electron chi connectivity index (χ2n) is 6.35. The van der Waals surface area contributed by atoms with Crippen molar-refractivity contribution in [3.63, 3.8) is 0 Å². The minimum Gasteiger partial charge on any atom is -0.465 e. The van der Waals surface area contributed by atoms with Gasteiger partial charge in [0.15, 0.2) is 0 Å². The third-order valence-corrected chi connectivity index (χ3v) is 4.90. The molecule has 2 aromatic carbocycles. The molecule has 0 aromatic heterocycles. The van der Waals surface area contributed by atoms with Gasteiger partial charge in [-0.1, -0.05) is 18.2 Å². The highest BCUT2D eigenvalue weighted by atomic mass is 79.9. The van der Waals surface area contributed by atoms with Gasteiger partial charge in [0, 0.05) is 21.7 Å². The molecule has 0 aliphatic rings. The van der Waals surface area contributed by atoms with Crippen LogP contribution >= 0.6 is 15.9 Å². The number of halogens is 10. The Kier molecular flexibility index (Phi) is 6.48.